The molecule has 0 bridgehead atoms. The Morgan fingerprint density at radius 2 is 1.70 bits per heavy atom. The molecule has 4 N–H and O–H groups in total. The zero-order valence-electron chi connectivity index (χ0n) is 18.2. The lowest BCUT2D eigenvalue weighted by Gasteiger charge is -2.22. The van der Waals surface area contributed by atoms with E-state index in [0.717, 1.165) is 5.56 Å². The second-order valence-electron chi connectivity index (χ2n) is 7.93. The molecule has 1 aliphatic rings. The van der Waals surface area contributed by atoms with Crippen LogP contribution in [0.2, 0.25) is 0 Å². The van der Waals surface area contributed by atoms with Crippen molar-refractivity contribution >= 4 is 23.7 Å². The molecule has 0 saturated heterocycles. The van der Waals surface area contributed by atoms with Crippen LogP contribution in [0.1, 0.15) is 35.7 Å². The number of fused-ring (bicyclic) bond motifs is 1. The van der Waals surface area contributed by atoms with E-state index in [1.807, 2.05) is 30.3 Å². The summed E-state index contributed by atoms with van der Waals surface area (Å²) < 4.78 is 5.75. The van der Waals surface area contributed by atoms with E-state index in [9.17, 15) is 24.3 Å². The fraction of sp³-hybridized carbons (Fsp3) is 0.333. The average molecular weight is 453 g/mol. The number of benzene rings is 2. The molecular weight excluding hydrogens is 426 g/mol. The predicted molar refractivity (Wildman–Crippen MR) is 120 cm³/mol. The first kappa shape index (κ1) is 23.8. The summed E-state index contributed by atoms with van der Waals surface area (Å²) in [5, 5.41) is 17.5. The fourth-order valence-electron chi connectivity index (χ4n) is 3.47. The molecule has 1 heterocycles. The molecule has 0 saturated carbocycles. The first-order chi connectivity index (χ1) is 15.8. The van der Waals surface area contributed by atoms with Crippen LogP contribution in [0.25, 0.3) is 0 Å². The van der Waals surface area contributed by atoms with Gasteiger partial charge in [0.1, 0.15) is 24.4 Å². The molecule has 0 spiro atoms. The van der Waals surface area contributed by atoms with Crippen LogP contribution in [0.15, 0.2) is 54.6 Å². The molecule has 0 radical (unpaired) electrons. The Morgan fingerprint density at radius 1 is 1.00 bits per heavy atom. The van der Waals surface area contributed by atoms with Gasteiger partial charge in [0.05, 0.1) is 11.6 Å². The molecule has 0 fully saturated rings. The maximum Gasteiger partial charge on any atom is 0.326 e. The number of rotatable bonds is 3. The molecule has 9 nitrogen and oxygen atoms in total. The van der Waals surface area contributed by atoms with Gasteiger partial charge in [-0.05, 0) is 31.0 Å². The lowest BCUT2D eigenvalue weighted by atomic mass is 10.0. The first-order valence-electron chi connectivity index (χ1n) is 10.7. The van der Waals surface area contributed by atoms with E-state index in [1.54, 1.807) is 25.1 Å². The lowest BCUT2D eigenvalue weighted by molar-refractivity contribution is -0.139. The first-order valence-corrected chi connectivity index (χ1v) is 10.7. The number of carboxylic acids is 1. The van der Waals surface area contributed by atoms with Crippen molar-refractivity contribution < 1.29 is 29.0 Å². The van der Waals surface area contributed by atoms with Crippen LogP contribution < -0.4 is 20.7 Å². The SMILES string of the molecule is C[C@H]1COc2ccccc2C(=O)N[C@H](C(=O)O)CCC(=O)N[C@H](Cc2ccccc2)C(=O)N1. The molecule has 0 unspecified atom stereocenters. The second kappa shape index (κ2) is 11.1. The van der Waals surface area contributed by atoms with Gasteiger partial charge in [0.15, 0.2) is 0 Å². The summed E-state index contributed by atoms with van der Waals surface area (Å²) in [5.41, 5.74) is 1.04. The molecule has 1 aliphatic heterocycles. The van der Waals surface area contributed by atoms with Gasteiger partial charge in [-0.1, -0.05) is 42.5 Å². The van der Waals surface area contributed by atoms with Crippen LogP contribution in [0.5, 0.6) is 5.75 Å². The van der Waals surface area contributed by atoms with Crippen LogP contribution in [-0.4, -0.2) is 53.5 Å². The van der Waals surface area contributed by atoms with E-state index in [4.69, 9.17) is 4.74 Å². The predicted octanol–water partition coefficient (Wildman–Crippen LogP) is 1.27. The summed E-state index contributed by atoms with van der Waals surface area (Å²) in [6, 6.07) is 13.2. The minimum Gasteiger partial charge on any atom is -0.491 e. The smallest absolute Gasteiger partial charge is 0.326 e. The highest BCUT2D eigenvalue weighted by Gasteiger charge is 2.27. The van der Waals surface area contributed by atoms with Gasteiger partial charge in [0.2, 0.25) is 11.8 Å². The minimum absolute atomic E-state index is 0.0738. The third-order valence-corrected chi connectivity index (χ3v) is 5.21. The van der Waals surface area contributed by atoms with Crippen molar-refractivity contribution in [3.63, 3.8) is 0 Å². The topological polar surface area (TPSA) is 134 Å². The van der Waals surface area contributed by atoms with E-state index >= 15 is 0 Å². The molecule has 9 heteroatoms. The van der Waals surface area contributed by atoms with Gasteiger partial charge in [-0.15, -0.1) is 0 Å². The Labute approximate surface area is 191 Å². The average Bonchev–Trinajstić information content (AvgIpc) is 2.80. The maximum atomic E-state index is 12.9. The third kappa shape index (κ3) is 6.80. The summed E-state index contributed by atoms with van der Waals surface area (Å²) in [6.07, 6.45) is -0.0382. The highest BCUT2D eigenvalue weighted by molar-refractivity contribution is 5.99. The maximum absolute atomic E-state index is 12.9. The minimum atomic E-state index is -1.28. The molecule has 174 valence electrons. The Balaban J connectivity index is 1.85. The lowest BCUT2D eigenvalue weighted by Crippen LogP contribution is -2.51. The molecule has 2 aromatic rings. The van der Waals surface area contributed by atoms with Crippen molar-refractivity contribution in [1.29, 1.82) is 0 Å². The Hall–Kier alpha value is -3.88. The third-order valence-electron chi connectivity index (χ3n) is 5.21. The van der Waals surface area contributed by atoms with Crippen LogP contribution in [0.3, 0.4) is 0 Å². The number of carbonyl (C=O) groups excluding carboxylic acids is 3. The van der Waals surface area contributed by atoms with E-state index in [0.29, 0.717) is 0 Å². The van der Waals surface area contributed by atoms with E-state index in [-0.39, 0.29) is 43.1 Å². The summed E-state index contributed by atoms with van der Waals surface area (Å²) in [5.74, 6) is -2.47. The Morgan fingerprint density at radius 3 is 2.42 bits per heavy atom. The quantitative estimate of drug-likeness (QED) is 0.553. The zero-order chi connectivity index (χ0) is 23.8. The molecule has 0 aromatic heterocycles. The second-order valence-corrected chi connectivity index (χ2v) is 7.93. The number of hydrogen-bond acceptors (Lipinski definition) is 5. The molecule has 3 amide bonds. The molecule has 3 atom stereocenters. The van der Waals surface area contributed by atoms with Crippen molar-refractivity contribution in [3.8, 4) is 5.75 Å². The molecule has 33 heavy (non-hydrogen) atoms. The summed E-state index contributed by atoms with van der Waals surface area (Å²) in [6.45, 7) is 1.82. The number of hydrogen-bond donors (Lipinski definition) is 4. The fourth-order valence-corrected chi connectivity index (χ4v) is 3.47. The van der Waals surface area contributed by atoms with Crippen LogP contribution in [-0.2, 0) is 20.8 Å². The molecular formula is C24H27N3O6. The van der Waals surface area contributed by atoms with Gasteiger partial charge in [-0.2, -0.15) is 0 Å². The van der Waals surface area contributed by atoms with Gasteiger partial charge in [-0.3, -0.25) is 14.4 Å². The number of nitrogens with one attached hydrogen (secondary N) is 3. The van der Waals surface area contributed by atoms with E-state index in [2.05, 4.69) is 16.0 Å². The van der Waals surface area contributed by atoms with Gasteiger partial charge in [-0.25, -0.2) is 4.79 Å². The number of carboxylic acid groups (broad SMARTS) is 1. The largest absolute Gasteiger partial charge is 0.491 e. The van der Waals surface area contributed by atoms with Crippen molar-refractivity contribution in [1.82, 2.24) is 16.0 Å². The van der Waals surface area contributed by atoms with Crippen LogP contribution >= 0.6 is 0 Å². The van der Waals surface area contributed by atoms with E-state index < -0.39 is 35.9 Å². The van der Waals surface area contributed by atoms with Gasteiger partial charge >= 0.3 is 5.97 Å². The normalized spacial score (nSPS) is 22.3. The molecule has 3 rings (SSSR count). The number of amides is 3. The summed E-state index contributed by atoms with van der Waals surface area (Å²) >= 11 is 0. The van der Waals surface area contributed by atoms with Crippen molar-refractivity contribution in [2.24, 2.45) is 0 Å². The van der Waals surface area contributed by atoms with Gasteiger partial charge in [0, 0.05) is 12.8 Å². The highest BCUT2D eigenvalue weighted by Crippen LogP contribution is 2.19. The number of ether oxygens (including phenoxy) is 1. The van der Waals surface area contributed by atoms with Crippen molar-refractivity contribution in [2.45, 2.75) is 44.3 Å². The standard InChI is InChI=1S/C24H27N3O6/c1-15-14-33-20-10-6-5-9-17(20)22(29)27-18(24(31)32)11-12-21(28)26-19(23(30)25-15)13-16-7-3-2-4-8-16/h2-10,15,18-19H,11-14H2,1H3,(H,25,30)(H,26,28)(H,27,29)(H,31,32)/t15-,18-,19+/m0/s1. The van der Waals surface area contributed by atoms with Crippen LogP contribution in [0.4, 0.5) is 0 Å². The number of aliphatic carboxylic acids is 1. The van der Waals surface area contributed by atoms with Gasteiger partial charge < -0.3 is 25.8 Å². The van der Waals surface area contributed by atoms with Crippen molar-refractivity contribution in [2.75, 3.05) is 6.61 Å². The molecule has 2 aromatic carbocycles. The highest BCUT2D eigenvalue weighted by atomic mass is 16.5. The van der Waals surface area contributed by atoms with Crippen LogP contribution in [0, 0.1) is 0 Å². The number of para-hydroxylation sites is 1. The van der Waals surface area contributed by atoms with E-state index in [1.165, 1.54) is 6.07 Å². The Bertz CT molecular complexity index is 1010. The monoisotopic (exact) mass is 453 g/mol. The number of carbonyl (C=O) groups is 4. The summed E-state index contributed by atoms with van der Waals surface area (Å²) in [7, 11) is 0. The molecule has 0 aliphatic carbocycles. The Kier molecular flexibility index (Phi) is 8.01. The summed E-state index contributed by atoms with van der Waals surface area (Å²) in [4.78, 5) is 49.9. The van der Waals surface area contributed by atoms with Crippen molar-refractivity contribution in [3.05, 3.63) is 65.7 Å². The zero-order valence-corrected chi connectivity index (χ0v) is 18.2. The van der Waals surface area contributed by atoms with Gasteiger partial charge in [0.25, 0.3) is 5.91 Å².